The molecule has 0 fully saturated rings. The van der Waals surface area contributed by atoms with Crippen molar-refractivity contribution in [1.29, 1.82) is 0 Å². The van der Waals surface area contributed by atoms with E-state index in [0.717, 1.165) is 6.42 Å². The Morgan fingerprint density at radius 2 is 1.87 bits per heavy atom. The van der Waals surface area contributed by atoms with E-state index in [4.69, 9.17) is 0 Å². The first-order chi connectivity index (χ1) is 7.20. The van der Waals surface area contributed by atoms with Gasteiger partial charge in [-0.25, -0.2) is 8.78 Å². The SMILES string of the molecule is C/C=C\CC(CC)c1c(F)cccc1F. The highest BCUT2D eigenvalue weighted by Gasteiger charge is 2.16. The Morgan fingerprint density at radius 1 is 1.27 bits per heavy atom. The lowest BCUT2D eigenvalue weighted by Gasteiger charge is -2.14. The number of hydrogen-bond donors (Lipinski definition) is 0. The highest BCUT2D eigenvalue weighted by Crippen LogP contribution is 2.28. The maximum Gasteiger partial charge on any atom is 0.129 e. The van der Waals surface area contributed by atoms with Crippen LogP contribution in [0, 0.1) is 11.6 Å². The molecule has 1 rings (SSSR count). The second-order valence-corrected chi connectivity index (χ2v) is 3.55. The molecule has 0 aliphatic carbocycles. The largest absolute Gasteiger partial charge is 0.207 e. The molecule has 15 heavy (non-hydrogen) atoms. The smallest absolute Gasteiger partial charge is 0.129 e. The van der Waals surface area contributed by atoms with Gasteiger partial charge in [-0.3, -0.25) is 0 Å². The zero-order chi connectivity index (χ0) is 11.3. The maximum absolute atomic E-state index is 13.5. The summed E-state index contributed by atoms with van der Waals surface area (Å²) in [6.07, 6.45) is 5.27. The van der Waals surface area contributed by atoms with E-state index in [9.17, 15) is 8.78 Å². The van der Waals surface area contributed by atoms with Crippen LogP contribution in [-0.4, -0.2) is 0 Å². The Kier molecular flexibility index (Phi) is 4.47. The van der Waals surface area contributed by atoms with Crippen molar-refractivity contribution in [3.8, 4) is 0 Å². The molecule has 0 radical (unpaired) electrons. The normalized spacial score (nSPS) is 13.3. The fraction of sp³-hybridized carbons (Fsp3) is 0.385. The molecule has 0 aliphatic rings. The molecule has 0 spiro atoms. The van der Waals surface area contributed by atoms with Gasteiger partial charge in [0.15, 0.2) is 0 Å². The molecule has 1 unspecified atom stereocenters. The predicted molar refractivity (Wildman–Crippen MR) is 58.8 cm³/mol. The van der Waals surface area contributed by atoms with Crippen LogP contribution in [0.15, 0.2) is 30.4 Å². The number of halogens is 2. The minimum absolute atomic E-state index is 0.0672. The van der Waals surface area contributed by atoms with Crippen molar-refractivity contribution >= 4 is 0 Å². The van der Waals surface area contributed by atoms with E-state index in [1.165, 1.54) is 18.2 Å². The lowest BCUT2D eigenvalue weighted by atomic mass is 9.92. The highest BCUT2D eigenvalue weighted by atomic mass is 19.1. The van der Waals surface area contributed by atoms with Crippen LogP contribution in [0.1, 0.15) is 38.2 Å². The van der Waals surface area contributed by atoms with Crippen molar-refractivity contribution in [1.82, 2.24) is 0 Å². The van der Waals surface area contributed by atoms with E-state index < -0.39 is 11.6 Å². The fourth-order valence-corrected chi connectivity index (χ4v) is 1.69. The molecular formula is C13H16F2. The monoisotopic (exact) mass is 210 g/mol. The van der Waals surface area contributed by atoms with E-state index >= 15 is 0 Å². The molecule has 0 nitrogen and oxygen atoms in total. The third-order valence-electron chi connectivity index (χ3n) is 2.56. The lowest BCUT2D eigenvalue weighted by Crippen LogP contribution is -2.03. The predicted octanol–water partition coefficient (Wildman–Crippen LogP) is 4.42. The molecule has 0 amide bonds. The summed E-state index contributed by atoms with van der Waals surface area (Å²) >= 11 is 0. The summed E-state index contributed by atoms with van der Waals surface area (Å²) in [4.78, 5) is 0. The van der Waals surface area contributed by atoms with Gasteiger partial charge in [0.2, 0.25) is 0 Å². The van der Waals surface area contributed by atoms with Crippen LogP contribution in [0.2, 0.25) is 0 Å². The first-order valence-electron chi connectivity index (χ1n) is 5.25. The van der Waals surface area contributed by atoms with Crippen LogP contribution in [0.25, 0.3) is 0 Å². The number of allylic oxidation sites excluding steroid dienone is 2. The summed E-state index contributed by atoms with van der Waals surface area (Å²) < 4.78 is 26.9. The van der Waals surface area contributed by atoms with Crippen LogP contribution in [0.5, 0.6) is 0 Å². The molecule has 0 saturated heterocycles. The third kappa shape index (κ3) is 2.88. The zero-order valence-corrected chi connectivity index (χ0v) is 9.13. The highest BCUT2D eigenvalue weighted by molar-refractivity contribution is 5.24. The number of benzene rings is 1. The topological polar surface area (TPSA) is 0 Å². The van der Waals surface area contributed by atoms with E-state index in [0.29, 0.717) is 6.42 Å². The Balaban J connectivity index is 3.00. The van der Waals surface area contributed by atoms with Gasteiger partial charge in [0, 0.05) is 5.56 Å². The van der Waals surface area contributed by atoms with Crippen molar-refractivity contribution in [2.24, 2.45) is 0 Å². The van der Waals surface area contributed by atoms with Gasteiger partial charge in [0.1, 0.15) is 11.6 Å². The Hall–Kier alpha value is -1.18. The zero-order valence-electron chi connectivity index (χ0n) is 9.13. The average molecular weight is 210 g/mol. The summed E-state index contributed by atoms with van der Waals surface area (Å²) in [5.74, 6) is -0.944. The van der Waals surface area contributed by atoms with Crippen LogP contribution >= 0.6 is 0 Å². The second-order valence-electron chi connectivity index (χ2n) is 3.55. The molecule has 1 atom stereocenters. The lowest BCUT2D eigenvalue weighted by molar-refractivity contribution is 0.515. The quantitative estimate of drug-likeness (QED) is 0.645. The minimum atomic E-state index is -0.439. The third-order valence-corrected chi connectivity index (χ3v) is 2.56. The van der Waals surface area contributed by atoms with Crippen molar-refractivity contribution in [3.63, 3.8) is 0 Å². The Bertz CT molecular complexity index is 322. The van der Waals surface area contributed by atoms with E-state index in [-0.39, 0.29) is 11.5 Å². The standard InChI is InChI=1S/C13H16F2/c1-3-5-7-10(4-2)13-11(14)8-6-9-12(13)15/h3,5-6,8-10H,4,7H2,1-2H3/b5-3-. The molecule has 1 aromatic rings. The van der Waals surface area contributed by atoms with Crippen LogP contribution in [-0.2, 0) is 0 Å². The Labute approximate surface area is 89.6 Å². The van der Waals surface area contributed by atoms with Gasteiger partial charge in [0.25, 0.3) is 0 Å². The van der Waals surface area contributed by atoms with Crippen LogP contribution in [0.4, 0.5) is 8.78 Å². The number of hydrogen-bond acceptors (Lipinski definition) is 0. The molecule has 0 saturated carbocycles. The minimum Gasteiger partial charge on any atom is -0.207 e. The van der Waals surface area contributed by atoms with Crippen molar-refractivity contribution in [3.05, 3.63) is 47.5 Å². The average Bonchev–Trinajstić information content (AvgIpc) is 2.22. The first-order valence-corrected chi connectivity index (χ1v) is 5.25. The van der Waals surface area contributed by atoms with Crippen molar-refractivity contribution in [2.75, 3.05) is 0 Å². The van der Waals surface area contributed by atoms with Gasteiger partial charge in [-0.2, -0.15) is 0 Å². The van der Waals surface area contributed by atoms with Gasteiger partial charge in [-0.1, -0.05) is 25.1 Å². The summed E-state index contributed by atoms with van der Waals surface area (Å²) in [6, 6.07) is 4.03. The van der Waals surface area contributed by atoms with Gasteiger partial charge in [0.05, 0.1) is 0 Å². The van der Waals surface area contributed by atoms with Crippen LogP contribution < -0.4 is 0 Å². The molecular weight excluding hydrogens is 194 g/mol. The summed E-state index contributed by atoms with van der Waals surface area (Å²) in [7, 11) is 0. The molecule has 1 aromatic carbocycles. The maximum atomic E-state index is 13.5. The number of rotatable bonds is 4. The summed E-state index contributed by atoms with van der Waals surface area (Å²) in [6.45, 7) is 3.85. The molecule has 0 aromatic heterocycles. The molecule has 0 heterocycles. The van der Waals surface area contributed by atoms with E-state index in [1.54, 1.807) is 0 Å². The summed E-state index contributed by atoms with van der Waals surface area (Å²) in [5, 5.41) is 0. The molecule has 82 valence electrons. The second kappa shape index (κ2) is 5.64. The van der Waals surface area contributed by atoms with Gasteiger partial charge >= 0.3 is 0 Å². The van der Waals surface area contributed by atoms with Crippen molar-refractivity contribution in [2.45, 2.75) is 32.6 Å². The van der Waals surface area contributed by atoms with E-state index in [2.05, 4.69) is 0 Å². The molecule has 0 aliphatic heterocycles. The summed E-state index contributed by atoms with van der Waals surface area (Å²) in [5.41, 5.74) is 0.220. The molecule has 2 heteroatoms. The van der Waals surface area contributed by atoms with Gasteiger partial charge in [-0.15, -0.1) is 0 Å². The van der Waals surface area contributed by atoms with Gasteiger partial charge in [-0.05, 0) is 37.8 Å². The first kappa shape index (κ1) is 11.9. The van der Waals surface area contributed by atoms with E-state index in [1.807, 2.05) is 26.0 Å². The van der Waals surface area contributed by atoms with Crippen LogP contribution in [0.3, 0.4) is 0 Å². The van der Waals surface area contributed by atoms with Crippen molar-refractivity contribution < 1.29 is 8.78 Å². The molecule has 0 bridgehead atoms. The fourth-order valence-electron chi connectivity index (χ4n) is 1.69. The molecule has 0 N–H and O–H groups in total. The Morgan fingerprint density at radius 3 is 2.33 bits per heavy atom. The van der Waals surface area contributed by atoms with Gasteiger partial charge < -0.3 is 0 Å².